The predicted molar refractivity (Wildman–Crippen MR) is 136 cm³/mol. The van der Waals surface area contributed by atoms with Crippen LogP contribution in [0.1, 0.15) is 43.4 Å². The highest BCUT2D eigenvalue weighted by Crippen LogP contribution is 2.43. The molecule has 1 aliphatic heterocycles. The van der Waals surface area contributed by atoms with Gasteiger partial charge in [-0.25, -0.2) is 8.78 Å². The highest BCUT2D eigenvalue weighted by molar-refractivity contribution is 6.31. The van der Waals surface area contributed by atoms with Gasteiger partial charge >= 0.3 is 6.18 Å². The molecule has 4 aromatic rings. The molecule has 0 radical (unpaired) electrons. The maximum Gasteiger partial charge on any atom is 0.416 e. The Morgan fingerprint density at radius 2 is 1.80 bits per heavy atom. The van der Waals surface area contributed by atoms with E-state index in [1.807, 2.05) is 0 Å². The number of ether oxygens (including phenoxy) is 1. The van der Waals surface area contributed by atoms with E-state index < -0.39 is 46.8 Å². The summed E-state index contributed by atoms with van der Waals surface area (Å²) in [5.41, 5.74) is -0.612. The van der Waals surface area contributed by atoms with E-state index in [9.17, 15) is 31.5 Å². The van der Waals surface area contributed by atoms with Gasteiger partial charge in [0.15, 0.2) is 0 Å². The molecule has 1 unspecified atom stereocenters. The summed E-state index contributed by atoms with van der Waals surface area (Å²) in [5, 5.41) is 5.34. The summed E-state index contributed by atoms with van der Waals surface area (Å²) in [4.78, 5) is 30.3. The molecule has 2 heterocycles. The molecule has 204 valence electrons. The van der Waals surface area contributed by atoms with E-state index in [1.165, 1.54) is 37.7 Å². The number of hydrogen-bond donors (Lipinski definition) is 2. The number of halogens is 6. The number of alkyl halides is 3. The number of nitrogens with one attached hydrogen (secondary N) is 2. The van der Waals surface area contributed by atoms with Gasteiger partial charge in [0.1, 0.15) is 17.4 Å². The molecule has 40 heavy (non-hydrogen) atoms. The van der Waals surface area contributed by atoms with Crippen molar-refractivity contribution in [3.63, 3.8) is 0 Å². The summed E-state index contributed by atoms with van der Waals surface area (Å²) in [6.45, 7) is 0. The number of anilines is 1. The number of carbonyl (C=O) groups is 2. The summed E-state index contributed by atoms with van der Waals surface area (Å²) in [6.07, 6.45) is -1.99. The number of rotatable bonds is 5. The van der Waals surface area contributed by atoms with Crippen LogP contribution in [-0.2, 0) is 6.18 Å². The molecule has 0 fully saturated rings. The summed E-state index contributed by atoms with van der Waals surface area (Å²) in [7, 11) is 1.41. The maximum atomic E-state index is 14.2. The van der Waals surface area contributed by atoms with Gasteiger partial charge in [-0.3, -0.25) is 14.6 Å². The van der Waals surface area contributed by atoms with Gasteiger partial charge in [0, 0.05) is 44.7 Å². The SMILES string of the molecule is COc1cnccc1-c1cc(NC(=O)c2cc(F)cc(C(F)(F)F)c2)c2c(c1)C(=O)NC2c1cc(F)ccc1Cl. The lowest BCUT2D eigenvalue weighted by Gasteiger charge is -2.19. The molecule has 6 nitrogen and oxygen atoms in total. The van der Waals surface area contributed by atoms with Crippen molar-refractivity contribution in [3.05, 3.63) is 111 Å². The Bertz CT molecular complexity index is 1680. The third-order valence-corrected chi connectivity index (χ3v) is 6.65. The second kappa shape index (κ2) is 10.2. The van der Waals surface area contributed by atoms with Gasteiger partial charge in [-0.05, 0) is 60.2 Å². The van der Waals surface area contributed by atoms with Crippen molar-refractivity contribution in [2.45, 2.75) is 12.2 Å². The topological polar surface area (TPSA) is 80.3 Å². The van der Waals surface area contributed by atoms with Gasteiger partial charge < -0.3 is 15.4 Å². The Morgan fingerprint density at radius 1 is 1.02 bits per heavy atom. The fourth-order valence-electron chi connectivity index (χ4n) is 4.52. The first kappa shape index (κ1) is 27.1. The average Bonchev–Trinajstić information content (AvgIpc) is 3.25. The average molecular weight is 574 g/mol. The fraction of sp³-hybridized carbons (Fsp3) is 0.107. The van der Waals surface area contributed by atoms with Crippen LogP contribution < -0.4 is 15.4 Å². The molecular weight excluding hydrogens is 557 g/mol. The fourth-order valence-corrected chi connectivity index (χ4v) is 4.75. The Hall–Kier alpha value is -4.51. The number of nitrogens with zero attached hydrogens (tertiary/aromatic N) is 1. The molecule has 0 saturated carbocycles. The largest absolute Gasteiger partial charge is 0.494 e. The molecule has 1 atom stereocenters. The summed E-state index contributed by atoms with van der Waals surface area (Å²) in [5.74, 6) is -3.21. The monoisotopic (exact) mass is 573 g/mol. The summed E-state index contributed by atoms with van der Waals surface area (Å²) < 4.78 is 73.4. The van der Waals surface area contributed by atoms with Gasteiger partial charge in [-0.15, -0.1) is 0 Å². The maximum absolute atomic E-state index is 14.2. The first-order valence-electron chi connectivity index (χ1n) is 11.6. The standard InChI is InChI=1S/C28H17ClF5N3O3/c1-40-23-12-35-5-4-18(23)13-8-20-24(25(37-27(20)39)19-11-16(30)2-3-21(19)29)22(9-13)36-26(38)14-6-15(28(32,33)34)10-17(31)7-14/h2-12,25H,1H3,(H,36,38)(H,37,39). The Labute approximate surface area is 228 Å². The summed E-state index contributed by atoms with van der Waals surface area (Å²) in [6, 6.07) is 8.57. The molecule has 12 heteroatoms. The molecule has 0 bridgehead atoms. The van der Waals surface area contributed by atoms with Crippen LogP contribution in [0.15, 0.2) is 67.0 Å². The number of benzene rings is 3. The molecule has 2 amide bonds. The number of amides is 2. The number of carbonyl (C=O) groups excluding carboxylic acids is 2. The van der Waals surface area contributed by atoms with E-state index in [1.54, 1.807) is 6.07 Å². The molecule has 1 aromatic heterocycles. The summed E-state index contributed by atoms with van der Waals surface area (Å²) >= 11 is 6.31. The number of pyridine rings is 1. The Kier molecular flexibility index (Phi) is 6.92. The predicted octanol–water partition coefficient (Wildman–Crippen LogP) is 6.79. The number of methoxy groups -OCH3 is 1. The van der Waals surface area contributed by atoms with Crippen LogP contribution >= 0.6 is 11.6 Å². The molecule has 3 aromatic carbocycles. The second-order valence-corrected chi connectivity index (χ2v) is 9.22. The quantitative estimate of drug-likeness (QED) is 0.258. The number of hydrogen-bond acceptors (Lipinski definition) is 4. The molecule has 0 aliphatic carbocycles. The van der Waals surface area contributed by atoms with Gasteiger partial charge in [-0.2, -0.15) is 13.2 Å². The zero-order valence-corrected chi connectivity index (χ0v) is 21.1. The number of aromatic nitrogens is 1. The van der Waals surface area contributed by atoms with Crippen molar-refractivity contribution in [2.75, 3.05) is 12.4 Å². The minimum absolute atomic E-state index is 0.00198. The molecule has 0 spiro atoms. The molecule has 1 aliphatic rings. The normalized spacial score (nSPS) is 14.5. The second-order valence-electron chi connectivity index (χ2n) is 8.81. The van der Waals surface area contributed by atoms with Gasteiger partial charge in [0.2, 0.25) is 0 Å². The van der Waals surface area contributed by atoms with Gasteiger partial charge in [0.25, 0.3) is 11.8 Å². The van der Waals surface area contributed by atoms with Crippen molar-refractivity contribution in [3.8, 4) is 16.9 Å². The highest BCUT2D eigenvalue weighted by atomic mass is 35.5. The van der Waals surface area contributed by atoms with Gasteiger partial charge in [0.05, 0.1) is 24.9 Å². The zero-order chi connectivity index (χ0) is 28.8. The first-order chi connectivity index (χ1) is 19.0. The Morgan fingerprint density at radius 3 is 2.52 bits per heavy atom. The molecule has 0 saturated heterocycles. The minimum atomic E-state index is -4.90. The van der Waals surface area contributed by atoms with Crippen LogP contribution in [0.3, 0.4) is 0 Å². The van der Waals surface area contributed by atoms with E-state index >= 15 is 0 Å². The van der Waals surface area contributed by atoms with Crippen molar-refractivity contribution >= 4 is 29.1 Å². The van der Waals surface area contributed by atoms with E-state index in [-0.39, 0.29) is 33.5 Å². The lowest BCUT2D eigenvalue weighted by Crippen LogP contribution is -2.21. The smallest absolute Gasteiger partial charge is 0.416 e. The van der Waals surface area contributed by atoms with Crippen molar-refractivity contribution in [2.24, 2.45) is 0 Å². The lowest BCUT2D eigenvalue weighted by atomic mass is 9.92. The molecule has 5 rings (SSSR count). The first-order valence-corrected chi connectivity index (χ1v) is 12.0. The van der Waals surface area contributed by atoms with Crippen LogP contribution in [0.2, 0.25) is 5.02 Å². The van der Waals surface area contributed by atoms with E-state index in [4.69, 9.17) is 16.3 Å². The third-order valence-electron chi connectivity index (χ3n) is 6.31. The van der Waals surface area contributed by atoms with E-state index in [2.05, 4.69) is 15.6 Å². The van der Waals surface area contributed by atoms with Crippen LogP contribution in [0, 0.1) is 11.6 Å². The van der Waals surface area contributed by atoms with Crippen molar-refractivity contribution in [1.29, 1.82) is 0 Å². The van der Waals surface area contributed by atoms with Crippen LogP contribution in [0.4, 0.5) is 27.6 Å². The van der Waals surface area contributed by atoms with Crippen molar-refractivity contribution < 1.29 is 36.3 Å². The lowest BCUT2D eigenvalue weighted by molar-refractivity contribution is -0.137. The van der Waals surface area contributed by atoms with Gasteiger partial charge in [-0.1, -0.05) is 11.6 Å². The molecular formula is C28H17ClF5N3O3. The van der Waals surface area contributed by atoms with Crippen LogP contribution in [0.5, 0.6) is 5.75 Å². The number of fused-ring (bicyclic) bond motifs is 1. The Balaban J connectivity index is 1.69. The van der Waals surface area contributed by atoms with Crippen molar-refractivity contribution in [1.82, 2.24) is 10.3 Å². The minimum Gasteiger partial charge on any atom is -0.494 e. The van der Waals surface area contributed by atoms with E-state index in [0.717, 1.165) is 12.1 Å². The van der Waals surface area contributed by atoms with E-state index in [0.29, 0.717) is 29.0 Å². The van der Waals surface area contributed by atoms with Crippen LogP contribution in [0.25, 0.3) is 11.1 Å². The third kappa shape index (κ3) is 5.07. The zero-order valence-electron chi connectivity index (χ0n) is 20.4. The highest BCUT2D eigenvalue weighted by Gasteiger charge is 2.36. The molecule has 2 N–H and O–H groups in total. The van der Waals surface area contributed by atoms with Crippen LogP contribution in [-0.4, -0.2) is 23.9 Å².